The molecule has 0 aliphatic rings. The fraction of sp³-hybridized carbons (Fsp3) is 0.0714. The molecule has 86 valence electrons. The van der Waals surface area contributed by atoms with Crippen LogP contribution in [0.25, 0.3) is 0 Å². The van der Waals surface area contributed by atoms with E-state index in [0.29, 0.717) is 0 Å². The Morgan fingerprint density at radius 3 is 2.59 bits per heavy atom. The molecule has 2 aromatic rings. The van der Waals surface area contributed by atoms with E-state index in [4.69, 9.17) is 5.73 Å². The summed E-state index contributed by atoms with van der Waals surface area (Å²) in [5, 5.41) is 0. The monoisotopic (exact) mass is 242 g/mol. The number of nitrogen functional groups attached to an aromatic ring is 1. The third-order valence-electron chi connectivity index (χ3n) is 2.47. The van der Waals surface area contributed by atoms with Crippen molar-refractivity contribution in [2.45, 2.75) is 11.8 Å². The summed E-state index contributed by atoms with van der Waals surface area (Å²) in [4.78, 5) is 5.43. The Labute approximate surface area is 107 Å². The summed E-state index contributed by atoms with van der Waals surface area (Å²) in [6.45, 7) is 1.97. The first-order valence-electron chi connectivity index (χ1n) is 5.36. The van der Waals surface area contributed by atoms with Crippen LogP contribution in [0.15, 0.2) is 58.4 Å². The number of rotatable bonds is 2. The van der Waals surface area contributed by atoms with E-state index >= 15 is 0 Å². The van der Waals surface area contributed by atoms with Crippen molar-refractivity contribution in [1.82, 2.24) is 0 Å². The highest BCUT2D eigenvalue weighted by molar-refractivity contribution is 7.80. The van der Waals surface area contributed by atoms with Crippen molar-refractivity contribution in [3.8, 4) is 0 Å². The van der Waals surface area contributed by atoms with E-state index in [1.54, 1.807) is 0 Å². The van der Waals surface area contributed by atoms with Crippen molar-refractivity contribution in [3.05, 3.63) is 54.1 Å². The second-order valence-corrected chi connectivity index (χ2v) is 4.29. The molecule has 0 fully saturated rings. The highest BCUT2D eigenvalue weighted by Gasteiger charge is 2.00. The fourth-order valence-corrected chi connectivity index (χ4v) is 1.78. The van der Waals surface area contributed by atoms with Crippen LogP contribution in [-0.4, -0.2) is 5.71 Å². The number of thiol groups is 1. The number of hydrogen-bond acceptors (Lipinski definition) is 3. The first-order chi connectivity index (χ1) is 8.16. The van der Waals surface area contributed by atoms with E-state index in [1.807, 2.05) is 55.5 Å². The summed E-state index contributed by atoms with van der Waals surface area (Å²) in [6, 6.07) is 15.5. The molecule has 0 heterocycles. The molecule has 0 aromatic heterocycles. The predicted octanol–water partition coefficient (Wildman–Crippen LogP) is 3.70. The Morgan fingerprint density at radius 2 is 1.88 bits per heavy atom. The van der Waals surface area contributed by atoms with E-state index in [0.717, 1.165) is 27.5 Å². The van der Waals surface area contributed by atoms with Crippen LogP contribution >= 0.6 is 12.6 Å². The predicted molar refractivity (Wildman–Crippen MR) is 76.4 cm³/mol. The molecule has 0 spiro atoms. The molecule has 0 saturated carbocycles. The SMILES string of the molecule is CC(=Nc1ccccc1S)c1cccc(N)c1. The summed E-state index contributed by atoms with van der Waals surface area (Å²) < 4.78 is 0. The van der Waals surface area contributed by atoms with Gasteiger partial charge in [0.1, 0.15) is 0 Å². The first-order valence-corrected chi connectivity index (χ1v) is 5.81. The highest BCUT2D eigenvalue weighted by Crippen LogP contribution is 2.23. The van der Waals surface area contributed by atoms with Crippen molar-refractivity contribution < 1.29 is 0 Å². The minimum atomic E-state index is 0.746. The van der Waals surface area contributed by atoms with Gasteiger partial charge in [0.15, 0.2) is 0 Å². The zero-order valence-electron chi connectivity index (χ0n) is 9.59. The molecule has 0 atom stereocenters. The van der Waals surface area contributed by atoms with Crippen LogP contribution in [0.4, 0.5) is 11.4 Å². The van der Waals surface area contributed by atoms with Gasteiger partial charge in [-0.3, -0.25) is 4.99 Å². The van der Waals surface area contributed by atoms with E-state index in [-0.39, 0.29) is 0 Å². The van der Waals surface area contributed by atoms with Gasteiger partial charge in [-0.05, 0) is 36.8 Å². The van der Waals surface area contributed by atoms with Gasteiger partial charge in [0.05, 0.1) is 5.69 Å². The normalized spacial score (nSPS) is 11.5. The van der Waals surface area contributed by atoms with Crippen LogP contribution in [0.3, 0.4) is 0 Å². The Balaban J connectivity index is 2.38. The van der Waals surface area contributed by atoms with E-state index in [1.165, 1.54) is 0 Å². The summed E-state index contributed by atoms with van der Waals surface area (Å²) in [5.74, 6) is 0. The standard InChI is InChI=1S/C14H14N2S/c1-10(11-5-4-6-12(15)9-11)16-13-7-2-3-8-14(13)17/h2-9,17H,15H2,1H3. The Hall–Kier alpha value is -1.74. The highest BCUT2D eigenvalue weighted by atomic mass is 32.1. The second kappa shape index (κ2) is 5.06. The molecule has 2 rings (SSSR count). The molecular formula is C14H14N2S. The van der Waals surface area contributed by atoms with Crippen molar-refractivity contribution in [3.63, 3.8) is 0 Å². The van der Waals surface area contributed by atoms with Crippen molar-refractivity contribution >= 4 is 29.7 Å². The minimum Gasteiger partial charge on any atom is -0.399 e. The first kappa shape index (κ1) is 11.7. The molecule has 17 heavy (non-hydrogen) atoms. The quantitative estimate of drug-likeness (QED) is 0.470. The topological polar surface area (TPSA) is 38.4 Å². The molecule has 0 radical (unpaired) electrons. The number of nitrogens with two attached hydrogens (primary N) is 1. The van der Waals surface area contributed by atoms with Crippen LogP contribution in [0.5, 0.6) is 0 Å². The number of anilines is 1. The van der Waals surface area contributed by atoms with Gasteiger partial charge < -0.3 is 5.73 Å². The number of hydrogen-bond donors (Lipinski definition) is 2. The van der Waals surface area contributed by atoms with Gasteiger partial charge in [0, 0.05) is 16.3 Å². The minimum absolute atomic E-state index is 0.746. The van der Waals surface area contributed by atoms with Crippen molar-refractivity contribution in [2.75, 3.05) is 5.73 Å². The lowest BCUT2D eigenvalue weighted by atomic mass is 10.1. The third kappa shape index (κ3) is 2.88. The molecule has 0 saturated heterocycles. The molecule has 0 aliphatic heterocycles. The van der Waals surface area contributed by atoms with Gasteiger partial charge >= 0.3 is 0 Å². The van der Waals surface area contributed by atoms with E-state index < -0.39 is 0 Å². The molecule has 0 aliphatic carbocycles. The molecule has 2 nitrogen and oxygen atoms in total. The summed E-state index contributed by atoms with van der Waals surface area (Å²) in [6.07, 6.45) is 0. The Kier molecular flexibility index (Phi) is 3.49. The maximum absolute atomic E-state index is 5.75. The van der Waals surface area contributed by atoms with Crippen molar-refractivity contribution in [2.24, 2.45) is 4.99 Å². The lowest BCUT2D eigenvalue weighted by Crippen LogP contribution is -1.95. The Morgan fingerprint density at radius 1 is 1.12 bits per heavy atom. The average molecular weight is 242 g/mol. The fourth-order valence-electron chi connectivity index (χ4n) is 1.57. The molecular weight excluding hydrogens is 228 g/mol. The average Bonchev–Trinajstić information content (AvgIpc) is 2.32. The summed E-state index contributed by atoms with van der Waals surface area (Å²) in [5.41, 5.74) is 9.33. The van der Waals surface area contributed by atoms with Crippen LogP contribution in [0, 0.1) is 0 Å². The number of para-hydroxylation sites is 1. The van der Waals surface area contributed by atoms with Gasteiger partial charge in [-0.25, -0.2) is 0 Å². The van der Waals surface area contributed by atoms with Crippen LogP contribution < -0.4 is 5.73 Å². The Bertz CT molecular complexity index is 562. The van der Waals surface area contributed by atoms with Crippen LogP contribution in [0.2, 0.25) is 0 Å². The maximum Gasteiger partial charge on any atom is 0.0766 e. The molecule has 0 bridgehead atoms. The van der Waals surface area contributed by atoms with Gasteiger partial charge in [-0.2, -0.15) is 0 Å². The van der Waals surface area contributed by atoms with E-state index in [2.05, 4.69) is 17.6 Å². The lowest BCUT2D eigenvalue weighted by molar-refractivity contribution is 1.37. The zero-order valence-corrected chi connectivity index (χ0v) is 10.5. The van der Waals surface area contributed by atoms with Gasteiger partial charge in [0.25, 0.3) is 0 Å². The summed E-state index contributed by atoms with van der Waals surface area (Å²) >= 11 is 4.37. The van der Waals surface area contributed by atoms with Crippen molar-refractivity contribution in [1.29, 1.82) is 0 Å². The zero-order chi connectivity index (χ0) is 12.3. The number of nitrogens with zero attached hydrogens (tertiary/aromatic N) is 1. The second-order valence-electron chi connectivity index (χ2n) is 3.81. The lowest BCUT2D eigenvalue weighted by Gasteiger charge is -2.04. The molecule has 2 aromatic carbocycles. The molecule has 0 amide bonds. The third-order valence-corrected chi connectivity index (χ3v) is 2.85. The van der Waals surface area contributed by atoms with Crippen LogP contribution in [-0.2, 0) is 0 Å². The van der Waals surface area contributed by atoms with Gasteiger partial charge in [0.2, 0.25) is 0 Å². The summed E-state index contributed by atoms with van der Waals surface area (Å²) in [7, 11) is 0. The maximum atomic E-state index is 5.75. The molecule has 3 heteroatoms. The van der Waals surface area contributed by atoms with Crippen LogP contribution in [0.1, 0.15) is 12.5 Å². The van der Waals surface area contributed by atoms with E-state index in [9.17, 15) is 0 Å². The largest absolute Gasteiger partial charge is 0.399 e. The number of benzene rings is 2. The molecule has 2 N–H and O–H groups in total. The number of aliphatic imine (C=N–C) groups is 1. The smallest absolute Gasteiger partial charge is 0.0766 e. The van der Waals surface area contributed by atoms with Gasteiger partial charge in [-0.15, -0.1) is 12.6 Å². The molecule has 0 unspecified atom stereocenters. The van der Waals surface area contributed by atoms with Gasteiger partial charge in [-0.1, -0.05) is 24.3 Å².